The van der Waals surface area contributed by atoms with Gasteiger partial charge in [0.15, 0.2) is 0 Å². The second-order valence-corrected chi connectivity index (χ2v) is 9.13. The van der Waals surface area contributed by atoms with Gasteiger partial charge in [0, 0.05) is 7.05 Å². The molecule has 1 amide bonds. The summed E-state index contributed by atoms with van der Waals surface area (Å²) in [4.78, 5) is 9.94. The van der Waals surface area contributed by atoms with Crippen molar-refractivity contribution < 1.29 is 4.79 Å². The topological polar surface area (TPSA) is 29.1 Å². The molecule has 0 aromatic rings. The third kappa shape index (κ3) is 3.28. The Morgan fingerprint density at radius 1 is 1.25 bits per heavy atom. The molecule has 4 aliphatic carbocycles. The number of alkyl halides is 1. The molecule has 4 rings (SSSR count). The molecular formula is C21H34ClNO. The molecule has 4 fully saturated rings. The molecule has 0 aliphatic heterocycles. The molecule has 4 saturated carbocycles. The van der Waals surface area contributed by atoms with Crippen molar-refractivity contribution in [2.75, 3.05) is 12.9 Å². The number of allylic oxidation sites excluding steroid dienone is 1. The molecule has 2 nitrogen and oxygen atoms in total. The van der Waals surface area contributed by atoms with E-state index in [0.717, 1.165) is 35.0 Å². The van der Waals surface area contributed by atoms with Gasteiger partial charge in [0.2, 0.25) is 5.91 Å². The first-order valence-corrected chi connectivity index (χ1v) is 10.5. The fourth-order valence-electron chi connectivity index (χ4n) is 6.67. The van der Waals surface area contributed by atoms with Crippen LogP contribution in [0, 0.1) is 35.0 Å². The fraction of sp³-hybridized carbons (Fsp3) is 0.857. The number of nitrogens with one attached hydrogen (secondary N) is 1. The zero-order valence-corrected chi connectivity index (χ0v) is 16.2. The van der Waals surface area contributed by atoms with Crippen LogP contribution in [-0.2, 0) is 4.79 Å². The monoisotopic (exact) mass is 351 g/mol. The lowest BCUT2D eigenvalue weighted by molar-refractivity contribution is -0.118. The van der Waals surface area contributed by atoms with Crippen molar-refractivity contribution in [2.45, 2.75) is 64.7 Å². The summed E-state index contributed by atoms with van der Waals surface area (Å²) in [6.45, 7) is 6.94. The Kier molecular flexibility index (Phi) is 5.64. The Balaban J connectivity index is 0.000000246. The summed E-state index contributed by atoms with van der Waals surface area (Å²) < 4.78 is 0. The van der Waals surface area contributed by atoms with Crippen LogP contribution in [0.4, 0.5) is 0 Å². The molecule has 3 unspecified atom stereocenters. The summed E-state index contributed by atoms with van der Waals surface area (Å²) in [6, 6.07) is 0. The van der Waals surface area contributed by atoms with E-state index in [2.05, 4.69) is 18.8 Å². The molecular weight excluding hydrogens is 318 g/mol. The minimum Gasteiger partial charge on any atom is -0.358 e. The highest BCUT2D eigenvalue weighted by atomic mass is 35.5. The molecule has 4 aliphatic rings. The van der Waals surface area contributed by atoms with E-state index in [4.69, 9.17) is 11.6 Å². The van der Waals surface area contributed by atoms with Gasteiger partial charge in [0.1, 0.15) is 5.88 Å². The molecule has 136 valence electrons. The maximum absolute atomic E-state index is 9.94. The summed E-state index contributed by atoms with van der Waals surface area (Å²) in [5.74, 6) is 5.10. The first-order valence-electron chi connectivity index (χ1n) is 9.95. The van der Waals surface area contributed by atoms with Gasteiger partial charge < -0.3 is 5.32 Å². The summed E-state index contributed by atoms with van der Waals surface area (Å²) in [5.41, 5.74) is 2.36. The Morgan fingerprint density at radius 3 is 2.71 bits per heavy atom. The number of halogens is 1. The van der Waals surface area contributed by atoms with Gasteiger partial charge in [-0.05, 0) is 80.0 Å². The van der Waals surface area contributed by atoms with Crippen molar-refractivity contribution in [1.82, 2.24) is 5.32 Å². The second kappa shape index (κ2) is 7.40. The van der Waals surface area contributed by atoms with E-state index < -0.39 is 0 Å². The van der Waals surface area contributed by atoms with Crippen LogP contribution in [0.1, 0.15) is 64.7 Å². The van der Waals surface area contributed by atoms with Gasteiger partial charge in [-0.25, -0.2) is 0 Å². The lowest BCUT2D eigenvalue weighted by Crippen LogP contribution is -2.46. The molecule has 2 bridgehead atoms. The smallest absolute Gasteiger partial charge is 0.234 e. The maximum Gasteiger partial charge on any atom is 0.234 e. The molecule has 0 saturated heterocycles. The zero-order chi connectivity index (χ0) is 17.3. The minimum atomic E-state index is -0.142. The van der Waals surface area contributed by atoms with Gasteiger partial charge in [-0.2, -0.15) is 0 Å². The standard InChI is InChI=1S/C18H28.C3H6ClNO/c1-12-4-3-5-16-15(12)8-9-18-10-13(2)14(11-18)6-7-17(16)18;1-5-3(6)2-4/h12,14-17H,2-11H2,1H3;2H2,1H3,(H,5,6)/t12-,14+,15?,16?,17?,18+;/m0./s1. The van der Waals surface area contributed by atoms with E-state index in [1.807, 2.05) is 0 Å². The molecule has 0 aromatic heterocycles. The summed E-state index contributed by atoms with van der Waals surface area (Å²) in [6.07, 6.45) is 13.6. The lowest BCUT2D eigenvalue weighted by atomic mass is 9.50. The van der Waals surface area contributed by atoms with Crippen LogP contribution >= 0.6 is 11.6 Å². The van der Waals surface area contributed by atoms with Crippen molar-refractivity contribution in [3.05, 3.63) is 12.2 Å². The molecule has 3 heteroatoms. The van der Waals surface area contributed by atoms with E-state index in [-0.39, 0.29) is 11.8 Å². The Morgan fingerprint density at radius 2 is 2.04 bits per heavy atom. The predicted molar refractivity (Wildman–Crippen MR) is 101 cm³/mol. The van der Waals surface area contributed by atoms with Crippen molar-refractivity contribution in [2.24, 2.45) is 35.0 Å². The first-order chi connectivity index (χ1) is 11.5. The summed E-state index contributed by atoms with van der Waals surface area (Å²) in [7, 11) is 1.55. The Bertz CT molecular complexity index is 484. The highest BCUT2D eigenvalue weighted by Crippen LogP contribution is 2.66. The quantitative estimate of drug-likeness (QED) is 0.512. The largest absolute Gasteiger partial charge is 0.358 e. The molecule has 1 N–H and O–H groups in total. The van der Waals surface area contributed by atoms with E-state index in [0.29, 0.717) is 0 Å². The number of rotatable bonds is 1. The van der Waals surface area contributed by atoms with Crippen molar-refractivity contribution in [3.8, 4) is 0 Å². The van der Waals surface area contributed by atoms with E-state index >= 15 is 0 Å². The zero-order valence-electron chi connectivity index (χ0n) is 15.5. The maximum atomic E-state index is 9.94. The van der Waals surface area contributed by atoms with Crippen LogP contribution in [0.3, 0.4) is 0 Å². The van der Waals surface area contributed by atoms with Gasteiger partial charge >= 0.3 is 0 Å². The van der Waals surface area contributed by atoms with Crippen molar-refractivity contribution in [1.29, 1.82) is 0 Å². The molecule has 0 radical (unpaired) electrons. The van der Waals surface area contributed by atoms with Gasteiger partial charge in [0.25, 0.3) is 0 Å². The molecule has 0 heterocycles. The number of amides is 1. The summed E-state index contributed by atoms with van der Waals surface area (Å²) >= 11 is 5.04. The average molecular weight is 352 g/mol. The van der Waals surface area contributed by atoms with Crippen LogP contribution in [-0.4, -0.2) is 18.8 Å². The number of carbonyl (C=O) groups is 1. The summed E-state index contributed by atoms with van der Waals surface area (Å²) in [5, 5.41) is 2.34. The fourth-order valence-corrected chi connectivity index (χ4v) is 6.80. The van der Waals surface area contributed by atoms with E-state index in [1.165, 1.54) is 38.5 Å². The number of hydrogen-bond donors (Lipinski definition) is 1. The Hall–Kier alpha value is -0.500. The van der Waals surface area contributed by atoms with Crippen LogP contribution in [0.5, 0.6) is 0 Å². The highest BCUT2D eigenvalue weighted by Gasteiger charge is 2.56. The molecule has 1 spiro atoms. The van der Waals surface area contributed by atoms with Crippen LogP contribution < -0.4 is 5.32 Å². The molecule has 6 atom stereocenters. The van der Waals surface area contributed by atoms with Gasteiger partial charge in [-0.3, -0.25) is 4.79 Å². The molecule has 0 aromatic carbocycles. The van der Waals surface area contributed by atoms with E-state index in [9.17, 15) is 4.79 Å². The molecule has 24 heavy (non-hydrogen) atoms. The SMILES string of the molecule is C=C1C[C@@]23CCC4C(CCC[C@@H]4C)C2CC[C@@H]1C3.CNC(=O)CCl. The third-order valence-electron chi connectivity index (χ3n) is 7.79. The van der Waals surface area contributed by atoms with Crippen LogP contribution in [0.25, 0.3) is 0 Å². The predicted octanol–water partition coefficient (Wildman–Crippen LogP) is 5.17. The van der Waals surface area contributed by atoms with Gasteiger partial charge in [0.05, 0.1) is 0 Å². The van der Waals surface area contributed by atoms with Gasteiger partial charge in [-0.1, -0.05) is 31.9 Å². The highest BCUT2D eigenvalue weighted by molar-refractivity contribution is 6.27. The average Bonchev–Trinajstić information content (AvgIpc) is 2.83. The second-order valence-electron chi connectivity index (χ2n) is 8.86. The Labute approximate surface area is 152 Å². The number of carbonyl (C=O) groups excluding carboxylic acids is 1. The van der Waals surface area contributed by atoms with Crippen LogP contribution in [0.15, 0.2) is 12.2 Å². The first kappa shape index (κ1) is 18.3. The third-order valence-corrected chi connectivity index (χ3v) is 8.04. The van der Waals surface area contributed by atoms with Crippen molar-refractivity contribution in [3.63, 3.8) is 0 Å². The van der Waals surface area contributed by atoms with Gasteiger partial charge in [-0.15, -0.1) is 11.6 Å². The number of fused-ring (bicyclic) bond motifs is 3. The minimum absolute atomic E-state index is 0.0521. The number of hydrogen-bond acceptors (Lipinski definition) is 1. The lowest BCUT2D eigenvalue weighted by Gasteiger charge is -2.55. The van der Waals surface area contributed by atoms with Crippen molar-refractivity contribution >= 4 is 17.5 Å². The van der Waals surface area contributed by atoms with E-state index in [1.54, 1.807) is 31.9 Å². The van der Waals surface area contributed by atoms with Crippen LogP contribution in [0.2, 0.25) is 0 Å². The normalized spacial score (nSPS) is 43.1.